The van der Waals surface area contributed by atoms with Crippen LogP contribution in [0.5, 0.6) is 0 Å². The molecule has 1 aromatic heterocycles. The van der Waals surface area contributed by atoms with Crippen LogP contribution >= 0.6 is 0 Å². The Morgan fingerprint density at radius 2 is 2.21 bits per heavy atom. The van der Waals surface area contributed by atoms with Gasteiger partial charge >= 0.3 is 5.97 Å². The molecule has 2 aromatic rings. The van der Waals surface area contributed by atoms with Gasteiger partial charge in [0, 0.05) is 5.56 Å². The van der Waals surface area contributed by atoms with Gasteiger partial charge in [0.1, 0.15) is 6.54 Å². The number of fused-ring (bicyclic) bond motifs is 3. The van der Waals surface area contributed by atoms with Gasteiger partial charge in [0.25, 0.3) is 0 Å². The largest absolute Gasteiger partial charge is 0.465 e. The van der Waals surface area contributed by atoms with Gasteiger partial charge in [0.2, 0.25) is 0 Å². The summed E-state index contributed by atoms with van der Waals surface area (Å²) in [7, 11) is 0. The fourth-order valence-electron chi connectivity index (χ4n) is 2.47. The first-order valence-corrected chi connectivity index (χ1v) is 6.46. The third-order valence-corrected chi connectivity index (χ3v) is 3.29. The normalized spacial score (nSPS) is 12.7. The molecule has 0 bridgehead atoms. The van der Waals surface area contributed by atoms with Crippen molar-refractivity contribution in [3.63, 3.8) is 0 Å². The molecule has 1 heterocycles. The lowest BCUT2D eigenvalue weighted by Gasteiger charge is -2.16. The van der Waals surface area contributed by atoms with E-state index in [1.54, 1.807) is 11.6 Å². The first kappa shape index (κ1) is 11.9. The highest BCUT2D eigenvalue weighted by atomic mass is 16.5. The number of nitrogens with zero attached hydrogens (tertiary/aromatic N) is 3. The summed E-state index contributed by atoms with van der Waals surface area (Å²) in [5.74, 6) is -0.279. The molecular formula is C14H15N3O2. The summed E-state index contributed by atoms with van der Waals surface area (Å²) in [6.45, 7) is 2.29. The van der Waals surface area contributed by atoms with Gasteiger partial charge < -0.3 is 4.74 Å². The second-order valence-electron chi connectivity index (χ2n) is 4.50. The predicted molar refractivity (Wildman–Crippen MR) is 69.5 cm³/mol. The summed E-state index contributed by atoms with van der Waals surface area (Å²) in [6, 6.07) is 8.19. The number of hydrogen-bond acceptors (Lipinski definition) is 4. The lowest BCUT2D eigenvalue weighted by Crippen LogP contribution is -2.16. The Kier molecular flexibility index (Phi) is 3.03. The van der Waals surface area contributed by atoms with E-state index in [9.17, 15) is 4.79 Å². The number of carbonyl (C=O) groups excluding carboxylic acids is 1. The Labute approximate surface area is 111 Å². The maximum absolute atomic E-state index is 11.6. The van der Waals surface area contributed by atoms with Gasteiger partial charge in [-0.2, -0.15) is 0 Å². The van der Waals surface area contributed by atoms with E-state index in [0.29, 0.717) is 6.61 Å². The van der Waals surface area contributed by atoms with Gasteiger partial charge in [0.05, 0.1) is 18.0 Å². The maximum atomic E-state index is 11.6. The van der Waals surface area contributed by atoms with Crippen LogP contribution in [-0.4, -0.2) is 27.6 Å². The summed E-state index contributed by atoms with van der Waals surface area (Å²) >= 11 is 0. The molecule has 5 nitrogen and oxygen atoms in total. The molecule has 0 N–H and O–H groups in total. The first-order chi connectivity index (χ1) is 9.29. The summed E-state index contributed by atoms with van der Waals surface area (Å²) in [4.78, 5) is 11.6. The molecule has 0 atom stereocenters. The van der Waals surface area contributed by atoms with Gasteiger partial charge in [0.15, 0.2) is 0 Å². The van der Waals surface area contributed by atoms with E-state index in [1.807, 2.05) is 12.1 Å². The number of carbonyl (C=O) groups is 1. The van der Waals surface area contributed by atoms with E-state index in [2.05, 4.69) is 22.4 Å². The van der Waals surface area contributed by atoms with Crippen molar-refractivity contribution in [2.75, 3.05) is 6.61 Å². The standard InChI is InChI=1S/C14H15N3O2/c1-2-19-13(18)9-17-14-11-6-4-3-5-10(11)7-8-12(14)15-16-17/h3-6H,2,7-9H2,1H3. The lowest BCUT2D eigenvalue weighted by molar-refractivity contribution is -0.144. The van der Waals surface area contributed by atoms with E-state index >= 15 is 0 Å². The van der Waals surface area contributed by atoms with Crippen LogP contribution < -0.4 is 0 Å². The number of benzene rings is 1. The number of aryl methyl sites for hydroxylation is 2. The molecule has 0 amide bonds. The Morgan fingerprint density at radius 3 is 3.05 bits per heavy atom. The van der Waals surface area contributed by atoms with Crippen molar-refractivity contribution in [2.45, 2.75) is 26.3 Å². The van der Waals surface area contributed by atoms with Crippen LogP contribution in [0.2, 0.25) is 0 Å². The highest BCUT2D eigenvalue weighted by Gasteiger charge is 2.23. The summed E-state index contributed by atoms with van der Waals surface area (Å²) < 4.78 is 6.61. The van der Waals surface area contributed by atoms with Crippen molar-refractivity contribution in [3.8, 4) is 11.3 Å². The minimum atomic E-state index is -0.279. The molecule has 5 heteroatoms. The van der Waals surface area contributed by atoms with Crippen LogP contribution in [0.15, 0.2) is 24.3 Å². The number of rotatable bonds is 3. The quantitative estimate of drug-likeness (QED) is 0.784. The number of hydrogen-bond donors (Lipinski definition) is 0. The highest BCUT2D eigenvalue weighted by molar-refractivity contribution is 5.73. The molecule has 0 spiro atoms. The van der Waals surface area contributed by atoms with Crippen LogP contribution in [-0.2, 0) is 28.9 Å². The molecule has 0 saturated heterocycles. The van der Waals surface area contributed by atoms with Crippen molar-refractivity contribution in [1.29, 1.82) is 0 Å². The van der Waals surface area contributed by atoms with Gasteiger partial charge in [-0.1, -0.05) is 29.5 Å². The Bertz CT molecular complexity index is 619. The molecule has 1 aliphatic carbocycles. The molecule has 0 unspecified atom stereocenters. The second kappa shape index (κ2) is 4.84. The van der Waals surface area contributed by atoms with Gasteiger partial charge in [-0.15, -0.1) is 5.10 Å². The van der Waals surface area contributed by atoms with E-state index in [1.165, 1.54) is 5.56 Å². The van der Waals surface area contributed by atoms with Gasteiger partial charge in [-0.25, -0.2) is 4.68 Å². The van der Waals surface area contributed by atoms with Crippen LogP contribution in [0, 0.1) is 0 Å². The zero-order chi connectivity index (χ0) is 13.2. The van der Waals surface area contributed by atoms with Crippen molar-refractivity contribution in [2.24, 2.45) is 0 Å². The van der Waals surface area contributed by atoms with Gasteiger partial charge in [-0.3, -0.25) is 4.79 Å². The fraction of sp³-hybridized carbons (Fsp3) is 0.357. The lowest BCUT2D eigenvalue weighted by atomic mass is 9.92. The molecule has 98 valence electrons. The van der Waals surface area contributed by atoms with Gasteiger partial charge in [-0.05, 0) is 25.3 Å². The summed E-state index contributed by atoms with van der Waals surface area (Å²) in [5.41, 5.74) is 4.32. The van der Waals surface area contributed by atoms with E-state index in [0.717, 1.165) is 29.8 Å². The zero-order valence-corrected chi connectivity index (χ0v) is 10.8. The minimum Gasteiger partial charge on any atom is -0.465 e. The van der Waals surface area contributed by atoms with E-state index in [-0.39, 0.29) is 12.5 Å². The molecule has 1 aromatic carbocycles. The third kappa shape index (κ3) is 2.12. The van der Waals surface area contributed by atoms with Crippen molar-refractivity contribution < 1.29 is 9.53 Å². The molecule has 0 radical (unpaired) electrons. The second-order valence-corrected chi connectivity index (χ2v) is 4.50. The molecule has 3 rings (SSSR count). The van der Waals surface area contributed by atoms with Crippen LogP contribution in [0.1, 0.15) is 18.2 Å². The monoisotopic (exact) mass is 257 g/mol. The molecular weight excluding hydrogens is 242 g/mol. The van der Waals surface area contributed by atoms with Crippen LogP contribution in [0.4, 0.5) is 0 Å². The molecule has 0 aliphatic heterocycles. The zero-order valence-electron chi connectivity index (χ0n) is 10.8. The third-order valence-electron chi connectivity index (χ3n) is 3.29. The predicted octanol–water partition coefficient (Wildman–Crippen LogP) is 1.61. The highest BCUT2D eigenvalue weighted by Crippen LogP contribution is 2.31. The number of ether oxygens (including phenoxy) is 1. The van der Waals surface area contributed by atoms with E-state index < -0.39 is 0 Å². The first-order valence-electron chi connectivity index (χ1n) is 6.46. The molecule has 0 fully saturated rings. The van der Waals surface area contributed by atoms with E-state index in [4.69, 9.17) is 4.74 Å². The van der Waals surface area contributed by atoms with Crippen LogP contribution in [0.25, 0.3) is 11.3 Å². The summed E-state index contributed by atoms with van der Waals surface area (Å²) in [5, 5.41) is 8.26. The average molecular weight is 257 g/mol. The Morgan fingerprint density at radius 1 is 1.37 bits per heavy atom. The topological polar surface area (TPSA) is 57.0 Å². The number of aromatic nitrogens is 3. The average Bonchev–Trinajstić information content (AvgIpc) is 2.82. The van der Waals surface area contributed by atoms with Crippen LogP contribution in [0.3, 0.4) is 0 Å². The Hall–Kier alpha value is -2.17. The SMILES string of the molecule is CCOC(=O)Cn1nnc2c1-c1ccccc1CC2. The fourth-order valence-corrected chi connectivity index (χ4v) is 2.47. The summed E-state index contributed by atoms with van der Waals surface area (Å²) in [6.07, 6.45) is 1.84. The molecule has 19 heavy (non-hydrogen) atoms. The van der Waals surface area contributed by atoms with Crippen molar-refractivity contribution in [3.05, 3.63) is 35.5 Å². The molecule has 1 aliphatic rings. The smallest absolute Gasteiger partial charge is 0.327 e. The maximum Gasteiger partial charge on any atom is 0.327 e. The van der Waals surface area contributed by atoms with Crippen molar-refractivity contribution >= 4 is 5.97 Å². The Balaban J connectivity index is 1.99. The number of esters is 1. The molecule has 0 saturated carbocycles. The van der Waals surface area contributed by atoms with Crippen molar-refractivity contribution in [1.82, 2.24) is 15.0 Å². The minimum absolute atomic E-state index is 0.116.